The minimum absolute atomic E-state index is 0. The molecule has 0 radical (unpaired) electrons. The standard InChI is InChI=1S/C16H31P.BF4/c1-16(2,3)17(14-10-6-4-7-11-14)15-12-8-5-9-13-15;2-1(3,4)5/h14-15H,4-13H2,1-3H3;/q;-1/p+1. The molecule has 22 heavy (non-hydrogen) atoms. The highest BCUT2D eigenvalue weighted by molar-refractivity contribution is 7.60. The zero-order valence-electron chi connectivity index (χ0n) is 15.3. The highest BCUT2D eigenvalue weighted by Crippen LogP contribution is 2.63. The summed E-state index contributed by atoms with van der Waals surface area (Å²) in [7, 11) is -5.74. The van der Waals surface area contributed by atoms with E-state index in [1.54, 1.807) is 25.7 Å². The van der Waals surface area contributed by atoms with Gasteiger partial charge in [0.1, 0.15) is 0 Å². The Balaban J connectivity index is 0.000000709. The first kappa shape index (κ1) is 20.3. The summed E-state index contributed by atoms with van der Waals surface area (Å²) >= 11 is 0. The van der Waals surface area contributed by atoms with Crippen molar-refractivity contribution >= 4 is 15.2 Å². The van der Waals surface area contributed by atoms with Crippen LogP contribution in [0.2, 0.25) is 0 Å². The highest BCUT2D eigenvalue weighted by Gasteiger charge is 2.38. The normalized spacial score (nSPS) is 22.4. The molecule has 132 valence electrons. The fourth-order valence-corrected chi connectivity index (χ4v) is 8.74. The Labute approximate surface area is 136 Å². The predicted molar refractivity (Wildman–Crippen MR) is 91.7 cm³/mol. The molecular weight excluding hydrogens is 310 g/mol. The Hall–Kier alpha value is 0.215. The molecule has 2 fully saturated rings. The second-order valence-electron chi connectivity index (χ2n) is 7.66. The summed E-state index contributed by atoms with van der Waals surface area (Å²) in [6.07, 6.45) is 15.3. The summed E-state index contributed by atoms with van der Waals surface area (Å²) < 4.78 is 39.0. The molecule has 2 rings (SSSR count). The van der Waals surface area contributed by atoms with Crippen LogP contribution in [0.15, 0.2) is 0 Å². The maximum Gasteiger partial charge on any atom is 1.00 e. The number of halogens is 4. The maximum absolute atomic E-state index is 9.75. The molecule has 0 aromatic carbocycles. The van der Waals surface area contributed by atoms with Gasteiger partial charge in [-0.15, -0.1) is 0 Å². The Morgan fingerprint density at radius 1 is 0.727 bits per heavy atom. The third-order valence-corrected chi connectivity index (χ3v) is 8.87. The molecule has 0 atom stereocenters. The molecule has 0 aromatic heterocycles. The first-order valence-electron chi connectivity index (χ1n) is 8.75. The second-order valence-corrected chi connectivity index (χ2v) is 11.3. The summed E-state index contributed by atoms with van der Waals surface area (Å²) in [6, 6.07) is 0. The van der Waals surface area contributed by atoms with Crippen molar-refractivity contribution in [3.63, 3.8) is 0 Å². The van der Waals surface area contributed by atoms with Crippen LogP contribution in [0.3, 0.4) is 0 Å². The summed E-state index contributed by atoms with van der Waals surface area (Å²) in [4.78, 5) is 0. The fourth-order valence-electron chi connectivity index (χ4n) is 4.11. The Kier molecular flexibility index (Phi) is 8.19. The second kappa shape index (κ2) is 8.90. The number of hydrogen-bond acceptors (Lipinski definition) is 0. The Morgan fingerprint density at radius 2 is 1.00 bits per heavy atom. The van der Waals surface area contributed by atoms with E-state index in [1.807, 2.05) is 0 Å². The molecule has 0 spiro atoms. The quantitative estimate of drug-likeness (QED) is 0.280. The Bertz CT molecular complexity index is 284. The summed E-state index contributed by atoms with van der Waals surface area (Å²) in [5, 5.41) is 0.597. The lowest BCUT2D eigenvalue weighted by molar-refractivity contribution is 0.368. The van der Waals surface area contributed by atoms with Crippen LogP contribution in [-0.4, -0.2) is 23.7 Å². The van der Waals surface area contributed by atoms with Crippen LogP contribution < -0.4 is 0 Å². The maximum atomic E-state index is 9.75. The molecule has 0 saturated heterocycles. The van der Waals surface area contributed by atoms with Crippen LogP contribution in [0.4, 0.5) is 17.3 Å². The lowest BCUT2D eigenvalue weighted by Crippen LogP contribution is -2.30. The van der Waals surface area contributed by atoms with E-state index in [1.165, 1.54) is 38.5 Å². The van der Waals surface area contributed by atoms with Crippen molar-refractivity contribution in [2.75, 3.05) is 0 Å². The Morgan fingerprint density at radius 3 is 1.23 bits per heavy atom. The summed E-state index contributed by atoms with van der Waals surface area (Å²) in [5.41, 5.74) is 2.23. The van der Waals surface area contributed by atoms with E-state index in [9.17, 15) is 17.3 Å². The highest BCUT2D eigenvalue weighted by atomic mass is 31.1. The van der Waals surface area contributed by atoms with Gasteiger partial charge in [0.25, 0.3) is 0 Å². The van der Waals surface area contributed by atoms with Crippen molar-refractivity contribution in [1.82, 2.24) is 0 Å². The smallest absolute Gasteiger partial charge is 0.418 e. The van der Waals surface area contributed by atoms with Gasteiger partial charge in [-0.05, 0) is 42.2 Å². The van der Waals surface area contributed by atoms with Gasteiger partial charge in [0, 0.05) is 0 Å². The van der Waals surface area contributed by atoms with E-state index in [0.29, 0.717) is 5.16 Å². The summed E-state index contributed by atoms with van der Waals surface area (Å²) in [5.74, 6) is 0. The van der Waals surface area contributed by atoms with E-state index in [4.69, 9.17) is 0 Å². The zero-order chi connectivity index (χ0) is 16.8. The van der Waals surface area contributed by atoms with Crippen molar-refractivity contribution < 1.29 is 18.7 Å². The molecule has 2 aliphatic rings. The zero-order valence-corrected chi connectivity index (χ0v) is 15.2. The summed E-state index contributed by atoms with van der Waals surface area (Å²) in [6.45, 7) is 7.59. The van der Waals surface area contributed by atoms with Gasteiger partial charge in [-0.3, -0.25) is 0 Å². The van der Waals surface area contributed by atoms with Crippen LogP contribution in [0, 0.1) is 0 Å². The monoisotopic (exact) mass is 342 g/mol. The van der Waals surface area contributed by atoms with Crippen LogP contribution in [0.25, 0.3) is 0 Å². The van der Waals surface area contributed by atoms with Gasteiger partial charge in [0.15, 0.2) is 0 Å². The average molecular weight is 342 g/mol. The molecule has 0 N–H and O–H groups in total. The van der Waals surface area contributed by atoms with E-state index in [2.05, 4.69) is 20.8 Å². The molecule has 0 aliphatic heterocycles. The lowest BCUT2D eigenvalue weighted by atomic mass is 9.99. The molecule has 0 aromatic rings. The van der Waals surface area contributed by atoms with Gasteiger partial charge in [-0.25, -0.2) is 0 Å². The third kappa shape index (κ3) is 8.18. The molecule has 0 nitrogen and oxygen atoms in total. The average Bonchev–Trinajstić information content (AvgIpc) is 2.38. The largest absolute Gasteiger partial charge is 1.00 e. The molecular formula is C16H32BF4P. The van der Waals surface area contributed by atoms with Crippen molar-refractivity contribution in [3.8, 4) is 0 Å². The van der Waals surface area contributed by atoms with Crippen molar-refractivity contribution in [2.24, 2.45) is 0 Å². The van der Waals surface area contributed by atoms with Crippen LogP contribution in [-0.2, 0) is 0 Å². The SMILES string of the molecule is CC(C)(C)P(C1CCCCC1)C1CCCCC1.F[B-](F)(F)F.[H+]. The minimum atomic E-state index is -6.00. The first-order valence-corrected chi connectivity index (χ1v) is 10.2. The minimum Gasteiger partial charge on any atom is -0.418 e. The molecule has 0 amide bonds. The van der Waals surface area contributed by atoms with Crippen LogP contribution >= 0.6 is 7.92 Å². The molecule has 6 heteroatoms. The topological polar surface area (TPSA) is 0 Å². The van der Waals surface area contributed by atoms with Crippen molar-refractivity contribution in [3.05, 3.63) is 0 Å². The molecule has 2 saturated carbocycles. The first-order chi connectivity index (χ1) is 10.1. The number of rotatable bonds is 2. The van der Waals surface area contributed by atoms with Gasteiger partial charge >= 0.3 is 8.68 Å². The van der Waals surface area contributed by atoms with E-state index in [0.717, 1.165) is 11.3 Å². The van der Waals surface area contributed by atoms with Gasteiger partial charge in [-0.2, -0.15) is 0 Å². The van der Waals surface area contributed by atoms with Crippen LogP contribution in [0.1, 0.15) is 86.4 Å². The predicted octanol–water partition coefficient (Wildman–Crippen LogP) is 7.34. The molecule has 0 unspecified atom stereocenters. The van der Waals surface area contributed by atoms with Gasteiger partial charge in [-0.1, -0.05) is 67.2 Å². The van der Waals surface area contributed by atoms with Crippen molar-refractivity contribution in [2.45, 2.75) is 101 Å². The van der Waals surface area contributed by atoms with E-state index < -0.39 is 7.25 Å². The van der Waals surface area contributed by atoms with E-state index in [-0.39, 0.29) is 9.35 Å². The number of hydrogen-bond donors (Lipinski definition) is 0. The molecule has 0 heterocycles. The van der Waals surface area contributed by atoms with Crippen LogP contribution in [0.5, 0.6) is 0 Å². The van der Waals surface area contributed by atoms with Gasteiger partial charge in [0.05, 0.1) is 0 Å². The van der Waals surface area contributed by atoms with Crippen molar-refractivity contribution in [1.29, 1.82) is 0 Å². The molecule has 0 bridgehead atoms. The fraction of sp³-hybridized carbons (Fsp3) is 1.00. The van der Waals surface area contributed by atoms with Gasteiger partial charge < -0.3 is 17.3 Å². The third-order valence-electron chi connectivity index (χ3n) is 4.71. The van der Waals surface area contributed by atoms with Gasteiger partial charge in [0.2, 0.25) is 0 Å². The lowest BCUT2D eigenvalue weighted by Gasteiger charge is -2.46. The molecule has 2 aliphatic carbocycles. The van der Waals surface area contributed by atoms with E-state index >= 15 is 0 Å².